The highest BCUT2D eigenvalue weighted by molar-refractivity contribution is 5.91. The molecule has 0 saturated heterocycles. The number of carbonyl (C=O) groups is 2. The Hall–Kier alpha value is -2.08. The Kier molecular flexibility index (Phi) is 5.72. The first kappa shape index (κ1) is 17.0. The number of aliphatic hydroxyl groups is 1. The molecule has 6 heteroatoms. The Balaban J connectivity index is 2.95. The number of methoxy groups -OCH3 is 1. The smallest absolute Gasteiger partial charge is 0.414 e. The number of carbonyl (C=O) groups excluding carboxylic acids is 2. The molecule has 0 aliphatic rings. The lowest BCUT2D eigenvalue weighted by Gasteiger charge is -2.27. The van der Waals surface area contributed by atoms with Crippen LogP contribution in [-0.2, 0) is 9.47 Å². The fraction of sp³-hybridized carbons (Fsp3) is 0.467. The first-order chi connectivity index (χ1) is 9.78. The molecule has 0 aliphatic carbocycles. The lowest BCUT2D eigenvalue weighted by Crippen LogP contribution is -2.38. The van der Waals surface area contributed by atoms with Crippen molar-refractivity contribution in [1.82, 2.24) is 0 Å². The van der Waals surface area contributed by atoms with E-state index >= 15 is 0 Å². The van der Waals surface area contributed by atoms with Crippen molar-refractivity contribution >= 4 is 17.7 Å². The lowest BCUT2D eigenvalue weighted by molar-refractivity contribution is 0.0571. The van der Waals surface area contributed by atoms with Crippen LogP contribution in [0.5, 0.6) is 0 Å². The minimum Gasteiger partial charge on any atom is -0.465 e. The van der Waals surface area contributed by atoms with Crippen LogP contribution in [0.3, 0.4) is 0 Å². The van der Waals surface area contributed by atoms with Gasteiger partial charge < -0.3 is 14.6 Å². The van der Waals surface area contributed by atoms with Gasteiger partial charge in [0.1, 0.15) is 5.60 Å². The Bertz CT molecular complexity index is 490. The zero-order chi connectivity index (χ0) is 16.0. The van der Waals surface area contributed by atoms with E-state index in [1.807, 2.05) is 0 Å². The number of aliphatic hydroxyl groups excluding tert-OH is 1. The number of ether oxygens (including phenoxy) is 2. The predicted molar refractivity (Wildman–Crippen MR) is 78.4 cm³/mol. The summed E-state index contributed by atoms with van der Waals surface area (Å²) in [6.45, 7) is 5.21. The summed E-state index contributed by atoms with van der Waals surface area (Å²) >= 11 is 0. The molecule has 21 heavy (non-hydrogen) atoms. The number of rotatable bonds is 4. The van der Waals surface area contributed by atoms with Gasteiger partial charge in [-0.2, -0.15) is 0 Å². The summed E-state index contributed by atoms with van der Waals surface area (Å²) in [4.78, 5) is 24.8. The third-order valence-corrected chi connectivity index (χ3v) is 2.54. The largest absolute Gasteiger partial charge is 0.465 e. The summed E-state index contributed by atoms with van der Waals surface area (Å²) in [6, 6.07) is 6.31. The van der Waals surface area contributed by atoms with Gasteiger partial charge in [-0.1, -0.05) is 0 Å². The van der Waals surface area contributed by atoms with Crippen LogP contribution in [-0.4, -0.2) is 43.0 Å². The minimum atomic E-state index is -0.628. The number of amides is 1. The van der Waals surface area contributed by atoms with Gasteiger partial charge in [-0.15, -0.1) is 0 Å². The van der Waals surface area contributed by atoms with Crippen molar-refractivity contribution in [1.29, 1.82) is 0 Å². The second-order valence-corrected chi connectivity index (χ2v) is 5.39. The molecule has 1 amide bonds. The van der Waals surface area contributed by atoms with Gasteiger partial charge in [0.2, 0.25) is 0 Å². The van der Waals surface area contributed by atoms with Gasteiger partial charge in [0.15, 0.2) is 0 Å². The van der Waals surface area contributed by atoms with Gasteiger partial charge in [0.05, 0.1) is 25.8 Å². The van der Waals surface area contributed by atoms with Crippen LogP contribution in [0.4, 0.5) is 10.5 Å². The Morgan fingerprint density at radius 1 is 1.19 bits per heavy atom. The van der Waals surface area contributed by atoms with Gasteiger partial charge in [-0.3, -0.25) is 4.90 Å². The molecule has 1 rings (SSSR count). The van der Waals surface area contributed by atoms with Crippen LogP contribution in [0, 0.1) is 0 Å². The molecule has 6 nitrogen and oxygen atoms in total. The topological polar surface area (TPSA) is 76.1 Å². The molecule has 1 aromatic carbocycles. The van der Waals surface area contributed by atoms with Gasteiger partial charge in [-0.25, -0.2) is 9.59 Å². The summed E-state index contributed by atoms with van der Waals surface area (Å²) in [6.07, 6.45) is -0.553. The molecule has 0 bridgehead atoms. The van der Waals surface area contributed by atoms with E-state index in [0.717, 1.165) is 0 Å². The monoisotopic (exact) mass is 295 g/mol. The van der Waals surface area contributed by atoms with Gasteiger partial charge in [-0.05, 0) is 45.0 Å². The zero-order valence-corrected chi connectivity index (χ0v) is 12.8. The quantitative estimate of drug-likeness (QED) is 0.862. The molecule has 1 aromatic rings. The molecular weight excluding hydrogens is 274 g/mol. The third kappa shape index (κ3) is 5.07. The van der Waals surface area contributed by atoms with Crippen LogP contribution < -0.4 is 4.90 Å². The van der Waals surface area contributed by atoms with Crippen molar-refractivity contribution in [2.75, 3.05) is 25.2 Å². The normalized spacial score (nSPS) is 10.9. The van der Waals surface area contributed by atoms with Crippen molar-refractivity contribution in [3.05, 3.63) is 29.8 Å². The van der Waals surface area contributed by atoms with Crippen molar-refractivity contribution < 1.29 is 24.2 Å². The molecule has 116 valence electrons. The standard InChI is InChI=1S/C15H21NO5/c1-15(2,3)21-14(19)16(9-10-17)12-7-5-11(6-8-12)13(18)20-4/h5-8,17H,9-10H2,1-4H3. The van der Waals surface area contributed by atoms with Gasteiger partial charge >= 0.3 is 12.1 Å². The average molecular weight is 295 g/mol. The van der Waals surface area contributed by atoms with Crippen LogP contribution >= 0.6 is 0 Å². The van der Waals surface area contributed by atoms with E-state index in [-0.39, 0.29) is 13.2 Å². The van der Waals surface area contributed by atoms with Crippen molar-refractivity contribution in [2.24, 2.45) is 0 Å². The van der Waals surface area contributed by atoms with Crippen LogP contribution in [0.25, 0.3) is 0 Å². The van der Waals surface area contributed by atoms with Gasteiger partial charge in [0.25, 0.3) is 0 Å². The molecule has 0 atom stereocenters. The molecule has 0 fully saturated rings. The lowest BCUT2D eigenvalue weighted by atomic mass is 10.2. The van der Waals surface area contributed by atoms with E-state index in [2.05, 4.69) is 4.74 Å². The highest BCUT2D eigenvalue weighted by Gasteiger charge is 2.23. The maximum Gasteiger partial charge on any atom is 0.414 e. The number of hydrogen-bond donors (Lipinski definition) is 1. The maximum atomic E-state index is 12.1. The number of hydrogen-bond acceptors (Lipinski definition) is 5. The minimum absolute atomic E-state index is 0.104. The summed E-state index contributed by atoms with van der Waals surface area (Å²) in [5, 5.41) is 9.10. The Morgan fingerprint density at radius 2 is 1.76 bits per heavy atom. The van der Waals surface area contributed by atoms with Gasteiger partial charge in [0, 0.05) is 5.69 Å². The van der Waals surface area contributed by atoms with Crippen LogP contribution in [0.15, 0.2) is 24.3 Å². The summed E-state index contributed by atoms with van der Waals surface area (Å²) in [5.41, 5.74) is 0.289. The van der Waals surface area contributed by atoms with E-state index in [0.29, 0.717) is 11.3 Å². The summed E-state index contributed by atoms with van der Waals surface area (Å²) < 4.78 is 9.90. The third-order valence-electron chi connectivity index (χ3n) is 2.54. The SMILES string of the molecule is COC(=O)c1ccc(N(CCO)C(=O)OC(C)(C)C)cc1. The van der Waals surface area contributed by atoms with E-state index in [1.54, 1.807) is 45.0 Å². The summed E-state index contributed by atoms with van der Waals surface area (Å²) in [5.74, 6) is -0.451. The molecule has 0 aliphatic heterocycles. The summed E-state index contributed by atoms with van der Waals surface area (Å²) in [7, 11) is 1.30. The molecule has 0 unspecified atom stereocenters. The second kappa shape index (κ2) is 7.08. The fourth-order valence-electron chi connectivity index (χ4n) is 1.64. The van der Waals surface area contributed by atoms with Crippen LogP contribution in [0.2, 0.25) is 0 Å². The highest BCUT2D eigenvalue weighted by Crippen LogP contribution is 2.19. The predicted octanol–water partition coefficient (Wildman–Crippen LogP) is 2.21. The van der Waals surface area contributed by atoms with Crippen LogP contribution in [0.1, 0.15) is 31.1 Å². The molecule has 0 saturated carbocycles. The molecule has 1 N–H and O–H groups in total. The first-order valence-corrected chi connectivity index (χ1v) is 6.58. The number of nitrogens with zero attached hydrogens (tertiary/aromatic N) is 1. The fourth-order valence-corrected chi connectivity index (χ4v) is 1.64. The van der Waals surface area contributed by atoms with E-state index < -0.39 is 17.7 Å². The number of esters is 1. The van der Waals surface area contributed by atoms with E-state index in [1.165, 1.54) is 12.0 Å². The second-order valence-electron chi connectivity index (χ2n) is 5.39. The average Bonchev–Trinajstić information content (AvgIpc) is 2.42. The maximum absolute atomic E-state index is 12.1. The Morgan fingerprint density at radius 3 is 2.19 bits per heavy atom. The highest BCUT2D eigenvalue weighted by atomic mass is 16.6. The Labute approximate surface area is 124 Å². The van der Waals surface area contributed by atoms with Crippen molar-refractivity contribution in [3.63, 3.8) is 0 Å². The molecular formula is C15H21NO5. The number of anilines is 1. The first-order valence-electron chi connectivity index (χ1n) is 6.58. The molecule has 0 aromatic heterocycles. The van der Waals surface area contributed by atoms with Crippen molar-refractivity contribution in [3.8, 4) is 0 Å². The number of benzene rings is 1. The van der Waals surface area contributed by atoms with E-state index in [4.69, 9.17) is 9.84 Å². The molecule has 0 spiro atoms. The zero-order valence-electron chi connectivity index (χ0n) is 12.8. The molecule has 0 heterocycles. The molecule has 0 radical (unpaired) electrons. The van der Waals surface area contributed by atoms with Crippen molar-refractivity contribution in [2.45, 2.75) is 26.4 Å². The van der Waals surface area contributed by atoms with E-state index in [9.17, 15) is 9.59 Å².